The fourth-order valence-corrected chi connectivity index (χ4v) is 3.38. The molecule has 4 nitrogen and oxygen atoms in total. The summed E-state index contributed by atoms with van der Waals surface area (Å²) in [5, 5.41) is 3.74. The maximum absolute atomic E-state index is 13.2. The number of benzene rings is 2. The fraction of sp³-hybridized carbons (Fsp3) is 0.273. The highest BCUT2D eigenvalue weighted by molar-refractivity contribution is 7.80. The highest BCUT2D eigenvalue weighted by atomic mass is 32.1. The van der Waals surface area contributed by atoms with Gasteiger partial charge >= 0.3 is 0 Å². The lowest BCUT2D eigenvalue weighted by molar-refractivity contribution is -0.115. The summed E-state index contributed by atoms with van der Waals surface area (Å²) in [6.07, 6.45) is 2.24. The van der Waals surface area contributed by atoms with Crippen molar-refractivity contribution in [2.45, 2.75) is 19.9 Å². The van der Waals surface area contributed by atoms with E-state index in [1.807, 2.05) is 53.2 Å². The Balaban J connectivity index is 2.13. The summed E-state index contributed by atoms with van der Waals surface area (Å²) in [4.78, 5) is 12.1. The van der Waals surface area contributed by atoms with Crippen LogP contribution in [0.3, 0.4) is 0 Å². The zero-order valence-corrected chi connectivity index (χ0v) is 16.9. The van der Waals surface area contributed by atoms with E-state index in [0.29, 0.717) is 17.1 Å². The number of thiocarbonyl (C=S) groups is 1. The Kier molecular flexibility index (Phi) is 6.59. The van der Waals surface area contributed by atoms with Gasteiger partial charge in [-0.2, -0.15) is 0 Å². The van der Waals surface area contributed by atoms with Crippen LogP contribution in [0.4, 0.5) is 14.5 Å². The van der Waals surface area contributed by atoms with Crippen molar-refractivity contribution >= 4 is 39.7 Å². The number of carbonyl (C=O) groups excluding carboxylic acids is 1. The third-order valence-electron chi connectivity index (χ3n) is 4.84. The van der Waals surface area contributed by atoms with Crippen molar-refractivity contribution in [3.05, 3.63) is 54.2 Å². The molecule has 0 aliphatic carbocycles. The highest BCUT2D eigenvalue weighted by Gasteiger charge is 2.16. The Hall–Kier alpha value is -2.80. The monoisotopic (exact) mass is 415 g/mol. The molecule has 0 aliphatic rings. The van der Waals surface area contributed by atoms with Crippen molar-refractivity contribution in [1.29, 1.82) is 0 Å². The number of rotatable bonds is 8. The minimum absolute atomic E-state index is 0.0998. The first kappa shape index (κ1) is 20.9. The van der Waals surface area contributed by atoms with Gasteiger partial charge in [0.15, 0.2) is 0 Å². The lowest BCUT2D eigenvalue weighted by Gasteiger charge is -2.12. The molecular weight excluding hydrogens is 392 g/mol. The molecule has 0 fully saturated rings. The van der Waals surface area contributed by atoms with Crippen LogP contribution in [0.5, 0.6) is 0 Å². The van der Waals surface area contributed by atoms with E-state index in [4.69, 9.17) is 18.0 Å². The lowest BCUT2D eigenvalue weighted by atomic mass is 10.0. The van der Waals surface area contributed by atoms with Gasteiger partial charge in [-0.25, -0.2) is 0 Å². The van der Waals surface area contributed by atoms with Gasteiger partial charge in [0.05, 0.1) is 18.9 Å². The number of carbonyl (C=O) groups is 1. The number of alkyl halides is 2. The summed E-state index contributed by atoms with van der Waals surface area (Å²) in [6.45, 7) is 0.490. The summed E-state index contributed by atoms with van der Waals surface area (Å²) in [5.74, 6) is -0.826. The second-order valence-corrected chi connectivity index (χ2v) is 7.39. The van der Waals surface area contributed by atoms with Crippen LogP contribution >= 0.6 is 12.2 Å². The molecule has 0 spiro atoms. The molecule has 0 saturated heterocycles. The minimum atomic E-state index is -0.741. The van der Waals surface area contributed by atoms with Gasteiger partial charge in [0, 0.05) is 47.3 Å². The highest BCUT2D eigenvalue weighted by Crippen LogP contribution is 2.33. The van der Waals surface area contributed by atoms with Crippen molar-refractivity contribution in [1.82, 2.24) is 4.57 Å². The SMILES string of the molecule is CCC(=O)Nc1ccc2c(-c3cccc(C(N)=S)c3)cn(CC(CF)CF)c2c1. The largest absolute Gasteiger partial charge is 0.389 e. The number of halogens is 2. The molecule has 1 amide bonds. The maximum Gasteiger partial charge on any atom is 0.224 e. The normalized spacial score (nSPS) is 11.2. The molecule has 1 aromatic heterocycles. The van der Waals surface area contributed by atoms with Crippen molar-refractivity contribution in [2.24, 2.45) is 11.7 Å². The Bertz CT molecular complexity index is 1040. The lowest BCUT2D eigenvalue weighted by Crippen LogP contribution is -2.14. The number of fused-ring (bicyclic) bond motifs is 1. The van der Waals surface area contributed by atoms with E-state index >= 15 is 0 Å². The first-order valence-corrected chi connectivity index (χ1v) is 9.82. The number of hydrogen-bond donors (Lipinski definition) is 2. The van der Waals surface area contributed by atoms with E-state index in [1.165, 1.54) is 0 Å². The van der Waals surface area contributed by atoms with Gasteiger partial charge in [-0.15, -0.1) is 0 Å². The smallest absolute Gasteiger partial charge is 0.224 e. The van der Waals surface area contributed by atoms with Crippen LogP contribution in [0, 0.1) is 5.92 Å². The topological polar surface area (TPSA) is 60.1 Å². The number of nitrogens with zero attached hydrogens (tertiary/aromatic N) is 1. The van der Waals surface area contributed by atoms with E-state index in [-0.39, 0.29) is 12.5 Å². The minimum Gasteiger partial charge on any atom is -0.389 e. The van der Waals surface area contributed by atoms with Crippen molar-refractivity contribution in [3.8, 4) is 11.1 Å². The maximum atomic E-state index is 13.2. The third-order valence-corrected chi connectivity index (χ3v) is 5.07. The molecule has 3 aromatic rings. The van der Waals surface area contributed by atoms with E-state index in [0.717, 1.165) is 27.6 Å². The molecule has 0 aliphatic heterocycles. The molecule has 0 atom stereocenters. The quantitative estimate of drug-likeness (QED) is 0.517. The van der Waals surface area contributed by atoms with Gasteiger partial charge in [-0.1, -0.05) is 43.4 Å². The number of hydrogen-bond acceptors (Lipinski definition) is 2. The molecule has 1 heterocycles. The average Bonchev–Trinajstić information content (AvgIpc) is 3.09. The molecule has 0 saturated carbocycles. The van der Waals surface area contributed by atoms with Crippen molar-refractivity contribution in [3.63, 3.8) is 0 Å². The summed E-state index contributed by atoms with van der Waals surface area (Å²) >= 11 is 5.08. The molecule has 152 valence electrons. The van der Waals surface area contributed by atoms with Crippen LogP contribution in [0.15, 0.2) is 48.7 Å². The van der Waals surface area contributed by atoms with Gasteiger partial charge in [-0.05, 0) is 23.8 Å². The Labute approximate surface area is 173 Å². The Morgan fingerprint density at radius 3 is 2.62 bits per heavy atom. The Morgan fingerprint density at radius 1 is 1.21 bits per heavy atom. The van der Waals surface area contributed by atoms with Gasteiger partial charge in [0.2, 0.25) is 5.91 Å². The second kappa shape index (κ2) is 9.13. The van der Waals surface area contributed by atoms with Gasteiger partial charge in [0.1, 0.15) is 4.99 Å². The summed E-state index contributed by atoms with van der Waals surface area (Å²) in [6, 6.07) is 13.1. The summed E-state index contributed by atoms with van der Waals surface area (Å²) in [5.41, 5.74) is 9.75. The Morgan fingerprint density at radius 2 is 1.97 bits per heavy atom. The number of amides is 1. The van der Waals surface area contributed by atoms with Crippen LogP contribution in [0.25, 0.3) is 22.0 Å². The van der Waals surface area contributed by atoms with E-state index in [1.54, 1.807) is 6.92 Å². The second-order valence-electron chi connectivity index (χ2n) is 6.95. The predicted molar refractivity (Wildman–Crippen MR) is 118 cm³/mol. The molecule has 0 radical (unpaired) electrons. The molecule has 0 unspecified atom stereocenters. The van der Waals surface area contributed by atoms with Crippen LogP contribution < -0.4 is 11.1 Å². The first-order valence-electron chi connectivity index (χ1n) is 9.41. The third kappa shape index (κ3) is 4.62. The van der Waals surface area contributed by atoms with E-state index < -0.39 is 19.3 Å². The molecule has 3 rings (SSSR count). The van der Waals surface area contributed by atoms with Crippen LogP contribution in [0.1, 0.15) is 18.9 Å². The van der Waals surface area contributed by atoms with Crippen LogP contribution in [-0.4, -0.2) is 28.8 Å². The van der Waals surface area contributed by atoms with Gasteiger partial charge in [-0.3, -0.25) is 13.6 Å². The molecule has 29 heavy (non-hydrogen) atoms. The molecular formula is C22H23F2N3OS. The number of nitrogens with one attached hydrogen (secondary N) is 1. The zero-order chi connectivity index (χ0) is 21.0. The van der Waals surface area contributed by atoms with E-state index in [9.17, 15) is 13.6 Å². The number of aromatic nitrogens is 1. The van der Waals surface area contributed by atoms with Gasteiger partial charge in [0.25, 0.3) is 0 Å². The summed E-state index contributed by atoms with van der Waals surface area (Å²) in [7, 11) is 0. The molecule has 0 bridgehead atoms. The van der Waals surface area contributed by atoms with Crippen LogP contribution in [0.2, 0.25) is 0 Å². The number of nitrogens with two attached hydrogens (primary N) is 1. The molecule has 2 aromatic carbocycles. The summed E-state index contributed by atoms with van der Waals surface area (Å²) < 4.78 is 28.2. The molecule has 7 heteroatoms. The number of anilines is 1. The predicted octanol–water partition coefficient (Wildman–Crippen LogP) is 4.85. The fourth-order valence-electron chi connectivity index (χ4n) is 3.26. The standard InChI is InChI=1S/C22H23F2N3OS/c1-2-21(28)26-17-6-7-18-19(15-4-3-5-16(8-15)22(25)29)13-27(20(18)9-17)12-14(10-23)11-24/h3-9,13-14H,2,10-12H2,1H3,(H2,25,29)(H,26,28). The van der Waals surface area contributed by atoms with E-state index in [2.05, 4.69) is 5.32 Å². The zero-order valence-electron chi connectivity index (χ0n) is 16.1. The molecule has 3 N–H and O–H groups in total. The van der Waals surface area contributed by atoms with Crippen molar-refractivity contribution in [2.75, 3.05) is 18.7 Å². The van der Waals surface area contributed by atoms with Crippen LogP contribution in [-0.2, 0) is 11.3 Å². The average molecular weight is 416 g/mol. The van der Waals surface area contributed by atoms with Crippen molar-refractivity contribution < 1.29 is 13.6 Å². The van der Waals surface area contributed by atoms with Gasteiger partial charge < -0.3 is 15.6 Å². The first-order chi connectivity index (χ1) is 14.0.